The summed E-state index contributed by atoms with van der Waals surface area (Å²) in [5, 5.41) is 54.5. The summed E-state index contributed by atoms with van der Waals surface area (Å²) in [5.74, 6) is -0.163. The predicted octanol–water partition coefficient (Wildman–Crippen LogP) is 21.9. The highest BCUT2D eigenvalue weighted by atomic mass is 16.7. The van der Waals surface area contributed by atoms with Crippen LogP contribution in [0.1, 0.15) is 418 Å². The van der Waals surface area contributed by atoms with E-state index in [1.807, 2.05) is 6.08 Å². The van der Waals surface area contributed by atoms with E-state index in [9.17, 15) is 35.1 Å². The Morgan fingerprint density at radius 2 is 0.707 bits per heavy atom. The highest BCUT2D eigenvalue weighted by Gasteiger charge is 2.44. The zero-order valence-corrected chi connectivity index (χ0v) is 60.8. The van der Waals surface area contributed by atoms with E-state index in [1.54, 1.807) is 6.08 Å². The van der Waals surface area contributed by atoms with Gasteiger partial charge in [0.15, 0.2) is 6.29 Å². The Bertz CT molecular complexity index is 1580. The fourth-order valence-electron chi connectivity index (χ4n) is 13.2. The number of amides is 1. The van der Waals surface area contributed by atoms with Crippen LogP contribution in [-0.2, 0) is 23.8 Å². The Kier molecular flexibility index (Phi) is 67.5. The molecule has 0 saturated carbocycles. The van der Waals surface area contributed by atoms with Crippen molar-refractivity contribution in [2.24, 2.45) is 0 Å². The van der Waals surface area contributed by atoms with Gasteiger partial charge in [0.05, 0.1) is 32.0 Å². The van der Waals surface area contributed by atoms with Crippen molar-refractivity contribution in [3.05, 3.63) is 24.3 Å². The Hall–Kier alpha value is -1.86. The van der Waals surface area contributed by atoms with E-state index in [4.69, 9.17) is 14.2 Å². The third kappa shape index (κ3) is 58.3. The van der Waals surface area contributed by atoms with Gasteiger partial charge in [-0.2, -0.15) is 0 Å². The first-order valence-corrected chi connectivity index (χ1v) is 40.6. The Labute approximate surface area is 569 Å². The molecule has 1 heterocycles. The quantitative estimate of drug-likeness (QED) is 0.0195. The monoisotopic (exact) mass is 1300 g/mol. The average Bonchev–Trinajstić information content (AvgIpc) is 1.08. The maximum absolute atomic E-state index is 13.1. The molecule has 11 heteroatoms. The van der Waals surface area contributed by atoms with Crippen molar-refractivity contribution >= 4 is 11.9 Å². The molecule has 0 radical (unpaired) electrons. The molecule has 1 aliphatic rings. The summed E-state index contributed by atoms with van der Waals surface area (Å²) in [6.07, 6.45) is 80.9. The normalized spacial score (nSPS) is 17.6. The number of nitrogens with one attached hydrogen (secondary N) is 1. The number of unbranched alkanes of at least 4 members (excludes halogenated alkanes) is 57. The van der Waals surface area contributed by atoms with Crippen LogP contribution in [0.3, 0.4) is 0 Å². The molecule has 6 N–H and O–H groups in total. The molecule has 1 fully saturated rings. The maximum atomic E-state index is 13.1. The fraction of sp³-hybridized carbons (Fsp3) is 0.926. The summed E-state index contributed by atoms with van der Waals surface area (Å²) < 4.78 is 16.8. The lowest BCUT2D eigenvalue weighted by molar-refractivity contribution is -0.302. The Balaban J connectivity index is 1.86. The second kappa shape index (κ2) is 70.5. The molecular formula is C81H155NO10. The van der Waals surface area contributed by atoms with Gasteiger partial charge in [-0.05, 0) is 44.9 Å². The minimum absolute atomic E-state index is 0.0206. The van der Waals surface area contributed by atoms with Gasteiger partial charge in [-0.3, -0.25) is 9.59 Å². The van der Waals surface area contributed by atoms with Gasteiger partial charge in [0, 0.05) is 12.8 Å². The number of esters is 1. The van der Waals surface area contributed by atoms with Gasteiger partial charge in [0.1, 0.15) is 24.4 Å². The number of carbonyl (C=O) groups is 2. The van der Waals surface area contributed by atoms with E-state index in [1.165, 1.54) is 340 Å². The van der Waals surface area contributed by atoms with Gasteiger partial charge in [-0.25, -0.2) is 0 Å². The molecule has 0 aromatic carbocycles. The van der Waals surface area contributed by atoms with E-state index in [0.717, 1.165) is 51.4 Å². The van der Waals surface area contributed by atoms with Crippen LogP contribution >= 0.6 is 0 Å². The highest BCUT2D eigenvalue weighted by Crippen LogP contribution is 2.24. The lowest BCUT2D eigenvalue weighted by Crippen LogP contribution is -2.60. The van der Waals surface area contributed by atoms with Crippen LogP contribution in [0.25, 0.3) is 0 Å². The van der Waals surface area contributed by atoms with E-state index >= 15 is 0 Å². The van der Waals surface area contributed by atoms with Crippen LogP contribution in [0.5, 0.6) is 0 Å². The van der Waals surface area contributed by atoms with Crippen LogP contribution in [0, 0.1) is 0 Å². The van der Waals surface area contributed by atoms with Crippen LogP contribution in [0.15, 0.2) is 24.3 Å². The first-order chi connectivity index (χ1) is 45.2. The molecule has 11 nitrogen and oxygen atoms in total. The van der Waals surface area contributed by atoms with Crippen molar-refractivity contribution in [2.45, 2.75) is 461 Å². The first kappa shape index (κ1) is 88.2. The van der Waals surface area contributed by atoms with Crippen molar-refractivity contribution < 1.29 is 49.3 Å². The molecule has 0 spiro atoms. The standard InChI is InChI=1S/C81H155NO10/c1-3-5-7-9-11-13-15-44-49-53-57-61-65-69-77(86)90-70-66-62-58-54-50-46-43-41-39-37-35-33-31-29-27-25-23-21-19-17-18-20-22-24-26-28-30-32-34-36-38-40-42-45-48-52-56-60-64-68-76(85)82-73(72-91-81-80(89)79(88)78(87)75(71-83)92-81)74(84)67-63-59-55-51-47-16-14-12-10-8-6-4-2/h47,51,63,67,73-75,78-81,83-84,87-89H,3-46,48-50,52-62,64-66,68-72H2,1-2H3,(H,82,85)/b51-47+,67-63+. The average molecular weight is 1300 g/mol. The van der Waals surface area contributed by atoms with Gasteiger partial charge in [-0.15, -0.1) is 0 Å². The van der Waals surface area contributed by atoms with Crippen LogP contribution < -0.4 is 5.32 Å². The number of hydrogen-bond acceptors (Lipinski definition) is 10. The number of allylic oxidation sites excluding steroid dienone is 3. The summed E-state index contributed by atoms with van der Waals surface area (Å²) in [6, 6.07) is -0.822. The maximum Gasteiger partial charge on any atom is 0.305 e. The number of rotatable bonds is 73. The van der Waals surface area contributed by atoms with Crippen LogP contribution in [0.4, 0.5) is 0 Å². The van der Waals surface area contributed by atoms with Crippen molar-refractivity contribution in [1.29, 1.82) is 0 Å². The van der Waals surface area contributed by atoms with Gasteiger partial charge >= 0.3 is 5.97 Å². The molecule has 1 aliphatic heterocycles. The summed E-state index contributed by atoms with van der Waals surface area (Å²) >= 11 is 0. The van der Waals surface area contributed by atoms with Gasteiger partial charge in [0.2, 0.25) is 5.91 Å². The van der Waals surface area contributed by atoms with Crippen LogP contribution in [0.2, 0.25) is 0 Å². The number of ether oxygens (including phenoxy) is 3. The Morgan fingerprint density at radius 3 is 1.08 bits per heavy atom. The topological polar surface area (TPSA) is 175 Å². The second-order valence-corrected chi connectivity index (χ2v) is 28.5. The minimum Gasteiger partial charge on any atom is -0.466 e. The minimum atomic E-state index is -1.57. The van der Waals surface area contributed by atoms with Crippen molar-refractivity contribution in [2.75, 3.05) is 19.8 Å². The molecule has 7 atom stereocenters. The largest absolute Gasteiger partial charge is 0.466 e. The van der Waals surface area contributed by atoms with E-state index in [2.05, 4.69) is 31.3 Å². The molecule has 544 valence electrons. The van der Waals surface area contributed by atoms with E-state index < -0.39 is 49.5 Å². The number of aliphatic hydroxyl groups excluding tert-OH is 5. The van der Waals surface area contributed by atoms with Gasteiger partial charge in [-0.1, -0.05) is 385 Å². The zero-order valence-electron chi connectivity index (χ0n) is 60.8. The first-order valence-electron chi connectivity index (χ1n) is 40.6. The highest BCUT2D eigenvalue weighted by molar-refractivity contribution is 5.76. The molecular weight excluding hydrogens is 1150 g/mol. The lowest BCUT2D eigenvalue weighted by Gasteiger charge is -2.40. The van der Waals surface area contributed by atoms with Gasteiger partial charge in [0.25, 0.3) is 0 Å². The molecule has 1 rings (SSSR count). The smallest absolute Gasteiger partial charge is 0.305 e. The van der Waals surface area contributed by atoms with E-state index in [-0.39, 0.29) is 18.5 Å². The second-order valence-electron chi connectivity index (χ2n) is 28.5. The predicted molar refractivity (Wildman–Crippen MR) is 389 cm³/mol. The van der Waals surface area contributed by atoms with E-state index in [0.29, 0.717) is 19.4 Å². The molecule has 7 unspecified atom stereocenters. The molecule has 1 saturated heterocycles. The van der Waals surface area contributed by atoms with Crippen molar-refractivity contribution in [3.8, 4) is 0 Å². The third-order valence-electron chi connectivity index (χ3n) is 19.6. The summed E-state index contributed by atoms with van der Waals surface area (Å²) in [6.45, 7) is 4.37. The van der Waals surface area contributed by atoms with Gasteiger partial charge < -0.3 is 45.1 Å². The molecule has 0 bridgehead atoms. The molecule has 0 aliphatic carbocycles. The molecule has 0 aromatic heterocycles. The van der Waals surface area contributed by atoms with Crippen LogP contribution in [-0.4, -0.2) is 100 Å². The zero-order chi connectivity index (χ0) is 66.5. The molecule has 0 aromatic rings. The fourth-order valence-corrected chi connectivity index (χ4v) is 13.2. The molecule has 1 amide bonds. The number of hydrogen-bond donors (Lipinski definition) is 6. The van der Waals surface area contributed by atoms with Crippen molar-refractivity contribution in [3.63, 3.8) is 0 Å². The van der Waals surface area contributed by atoms with Crippen molar-refractivity contribution in [1.82, 2.24) is 5.32 Å². The SMILES string of the molecule is CCCCCCCC/C=C/CC/C=C/C(O)C(COC1OC(CO)C(O)C(O)C1O)NC(=O)CCCCCCCCCCCCCCCCCCCCCCCCCCCCCCCCCCCCCCCCCOC(=O)CCCCCCCCCCCCCCC. The summed E-state index contributed by atoms with van der Waals surface area (Å²) in [5.41, 5.74) is 0. The third-order valence-corrected chi connectivity index (χ3v) is 19.6. The number of aliphatic hydroxyl groups is 5. The summed E-state index contributed by atoms with van der Waals surface area (Å²) in [7, 11) is 0. The number of carbonyl (C=O) groups excluding carboxylic acids is 2. The Morgan fingerprint density at radius 1 is 0.391 bits per heavy atom. The molecule has 92 heavy (non-hydrogen) atoms. The lowest BCUT2D eigenvalue weighted by atomic mass is 9.99. The summed E-state index contributed by atoms with van der Waals surface area (Å²) in [4.78, 5) is 25.1.